The molecule has 5 nitrogen and oxygen atoms in total. The largest absolute Gasteiger partial charge is 0.462 e. The number of ether oxygens (including phenoxy) is 1. The summed E-state index contributed by atoms with van der Waals surface area (Å²) in [6, 6.07) is 3.65. The lowest BCUT2D eigenvalue weighted by Crippen LogP contribution is -3.12. The van der Waals surface area contributed by atoms with Gasteiger partial charge in [0.1, 0.15) is 10.7 Å². The molecule has 0 aliphatic carbocycles. The number of carbonyl (C=O) groups excluding carboxylic acids is 1. The Balaban J connectivity index is 2.42. The molecule has 1 fully saturated rings. The van der Waals surface area contributed by atoms with Gasteiger partial charge in [0.05, 0.1) is 30.8 Å². The Morgan fingerprint density at radius 1 is 1.45 bits per heavy atom. The highest BCUT2D eigenvalue weighted by molar-refractivity contribution is 7.71. The number of aromatic nitrogens is 1. The normalized spacial score (nSPS) is 15.3. The number of hydrogen-bond acceptors (Lipinski definition) is 4. The molecule has 0 saturated carbocycles. The summed E-state index contributed by atoms with van der Waals surface area (Å²) in [4.78, 5) is 13.5. The predicted octanol–water partition coefficient (Wildman–Crippen LogP) is 1.60. The van der Waals surface area contributed by atoms with Gasteiger partial charge in [-0.3, -0.25) is 4.57 Å². The fourth-order valence-corrected chi connectivity index (χ4v) is 3.18. The molecule has 1 aliphatic heterocycles. The summed E-state index contributed by atoms with van der Waals surface area (Å²) in [5, 5.41) is 9.29. The minimum absolute atomic E-state index is 0.313. The van der Waals surface area contributed by atoms with Gasteiger partial charge in [0.15, 0.2) is 6.67 Å². The average Bonchev–Trinajstić information content (AvgIpc) is 2.53. The van der Waals surface area contributed by atoms with Crippen LogP contribution in [0.2, 0.25) is 0 Å². The van der Waals surface area contributed by atoms with E-state index < -0.39 is 5.97 Å². The van der Waals surface area contributed by atoms with Crippen LogP contribution in [0.3, 0.4) is 0 Å². The minimum Gasteiger partial charge on any atom is -0.462 e. The number of carbonyl (C=O) groups is 1. The summed E-state index contributed by atoms with van der Waals surface area (Å²) in [6.07, 6.45) is 3.70. The molecule has 118 valence electrons. The zero-order valence-electron chi connectivity index (χ0n) is 13.1. The van der Waals surface area contributed by atoms with Gasteiger partial charge in [-0.2, -0.15) is 5.26 Å². The molecule has 0 spiro atoms. The van der Waals surface area contributed by atoms with E-state index in [4.69, 9.17) is 17.0 Å². The van der Waals surface area contributed by atoms with Crippen LogP contribution in [0.4, 0.5) is 0 Å². The molecule has 6 heteroatoms. The third-order valence-corrected chi connectivity index (χ3v) is 4.56. The van der Waals surface area contributed by atoms with Crippen LogP contribution in [0.5, 0.6) is 0 Å². The van der Waals surface area contributed by atoms with E-state index in [1.807, 2.05) is 11.5 Å². The van der Waals surface area contributed by atoms with E-state index in [1.54, 1.807) is 13.0 Å². The minimum atomic E-state index is -0.395. The first-order chi connectivity index (χ1) is 10.6. The Morgan fingerprint density at radius 2 is 2.14 bits per heavy atom. The van der Waals surface area contributed by atoms with Crippen molar-refractivity contribution in [1.29, 1.82) is 5.26 Å². The Morgan fingerprint density at radius 3 is 2.73 bits per heavy atom. The Labute approximate surface area is 136 Å². The summed E-state index contributed by atoms with van der Waals surface area (Å²) in [5.41, 5.74) is 1.57. The molecule has 2 rings (SSSR count). The van der Waals surface area contributed by atoms with Gasteiger partial charge in [0.2, 0.25) is 0 Å². The number of nitriles is 1. The number of esters is 1. The van der Waals surface area contributed by atoms with E-state index in [9.17, 15) is 10.1 Å². The van der Waals surface area contributed by atoms with Crippen LogP contribution in [0, 0.1) is 22.9 Å². The number of hydrogen-bond donors (Lipinski definition) is 1. The van der Waals surface area contributed by atoms with Gasteiger partial charge in [-0.15, -0.1) is 0 Å². The predicted molar refractivity (Wildman–Crippen MR) is 85.2 cm³/mol. The van der Waals surface area contributed by atoms with Gasteiger partial charge in [-0.1, -0.05) is 12.2 Å². The Bertz CT molecular complexity index is 655. The maximum absolute atomic E-state index is 12.1. The maximum atomic E-state index is 12.1. The summed E-state index contributed by atoms with van der Waals surface area (Å²) in [7, 11) is 0. The van der Waals surface area contributed by atoms with Crippen LogP contribution < -0.4 is 4.90 Å². The molecular weight excluding hydrogens is 298 g/mol. The van der Waals surface area contributed by atoms with E-state index in [2.05, 4.69) is 6.07 Å². The third kappa shape index (κ3) is 3.54. The van der Waals surface area contributed by atoms with Gasteiger partial charge >= 0.3 is 5.97 Å². The first-order valence-corrected chi connectivity index (χ1v) is 8.14. The van der Waals surface area contributed by atoms with Crippen molar-refractivity contribution in [2.45, 2.75) is 39.8 Å². The SMILES string of the molecule is CCOC(=O)c1cc(C#N)c(=S)n(C[NH+]2CCCCC2)c1C. The fourth-order valence-electron chi connectivity index (χ4n) is 2.87. The van der Waals surface area contributed by atoms with Crippen molar-refractivity contribution in [3.8, 4) is 6.07 Å². The molecule has 0 atom stereocenters. The quantitative estimate of drug-likeness (QED) is 0.676. The number of quaternary nitrogens is 1. The summed E-state index contributed by atoms with van der Waals surface area (Å²) < 4.78 is 7.51. The molecule has 22 heavy (non-hydrogen) atoms. The summed E-state index contributed by atoms with van der Waals surface area (Å²) in [6.45, 7) is 6.86. The average molecular weight is 320 g/mol. The van der Waals surface area contributed by atoms with E-state index in [1.165, 1.54) is 24.2 Å². The van der Waals surface area contributed by atoms with Crippen LogP contribution in [0.15, 0.2) is 6.07 Å². The second-order valence-corrected chi connectivity index (χ2v) is 5.98. The third-order valence-electron chi connectivity index (χ3n) is 4.12. The van der Waals surface area contributed by atoms with Crippen molar-refractivity contribution in [3.05, 3.63) is 27.5 Å². The Hall–Kier alpha value is -1.71. The van der Waals surface area contributed by atoms with Gasteiger partial charge in [-0.05, 0) is 39.2 Å². The number of pyridine rings is 1. The zero-order valence-corrected chi connectivity index (χ0v) is 14.0. The number of rotatable bonds is 4. The van der Waals surface area contributed by atoms with Crippen molar-refractivity contribution in [3.63, 3.8) is 0 Å². The molecule has 1 saturated heterocycles. The smallest absolute Gasteiger partial charge is 0.339 e. The second-order valence-electron chi connectivity index (χ2n) is 5.59. The standard InChI is InChI=1S/C16H21N3O2S/c1-3-21-16(20)14-9-13(10-17)15(22)19(12(14)2)11-18-7-5-4-6-8-18/h9H,3-8,11H2,1-2H3/p+1. The monoisotopic (exact) mass is 320 g/mol. The molecule has 1 aliphatic rings. The van der Waals surface area contributed by atoms with E-state index in [0.717, 1.165) is 18.8 Å². The lowest BCUT2D eigenvalue weighted by Gasteiger charge is -2.26. The molecule has 0 unspecified atom stereocenters. The summed E-state index contributed by atoms with van der Waals surface area (Å²) in [5.74, 6) is -0.395. The first kappa shape index (κ1) is 16.7. The number of piperidine rings is 1. The lowest BCUT2D eigenvalue weighted by molar-refractivity contribution is -0.927. The lowest BCUT2D eigenvalue weighted by atomic mass is 10.1. The van der Waals surface area contributed by atoms with Crippen LogP contribution in [0.25, 0.3) is 0 Å². The van der Waals surface area contributed by atoms with Gasteiger partial charge < -0.3 is 9.64 Å². The maximum Gasteiger partial charge on any atom is 0.339 e. The highest BCUT2D eigenvalue weighted by Gasteiger charge is 2.20. The highest BCUT2D eigenvalue weighted by atomic mass is 32.1. The van der Waals surface area contributed by atoms with E-state index in [0.29, 0.717) is 29.0 Å². The van der Waals surface area contributed by atoms with Crippen molar-refractivity contribution in [2.24, 2.45) is 0 Å². The van der Waals surface area contributed by atoms with Gasteiger partial charge in [0, 0.05) is 5.69 Å². The number of nitrogens with zero attached hydrogens (tertiary/aromatic N) is 2. The molecule has 0 bridgehead atoms. The highest BCUT2D eigenvalue weighted by Crippen LogP contribution is 2.15. The number of nitrogens with one attached hydrogen (secondary N) is 1. The molecule has 1 N–H and O–H groups in total. The molecule has 0 amide bonds. The fraction of sp³-hybridized carbons (Fsp3) is 0.562. The van der Waals surface area contributed by atoms with Gasteiger partial charge in [-0.25, -0.2) is 4.79 Å². The van der Waals surface area contributed by atoms with Crippen molar-refractivity contribution in [2.75, 3.05) is 19.7 Å². The molecular formula is C16H22N3O2S+. The van der Waals surface area contributed by atoms with E-state index in [-0.39, 0.29) is 0 Å². The molecule has 0 aromatic carbocycles. The molecule has 0 radical (unpaired) electrons. The summed E-state index contributed by atoms with van der Waals surface area (Å²) >= 11 is 5.43. The molecule has 2 heterocycles. The number of likely N-dealkylation sites (tertiary alicyclic amines) is 1. The first-order valence-electron chi connectivity index (χ1n) is 7.73. The van der Waals surface area contributed by atoms with Crippen LogP contribution in [0.1, 0.15) is 47.8 Å². The zero-order chi connectivity index (χ0) is 16.1. The van der Waals surface area contributed by atoms with Crippen molar-refractivity contribution >= 4 is 18.2 Å². The van der Waals surface area contributed by atoms with Crippen LogP contribution in [-0.4, -0.2) is 30.2 Å². The van der Waals surface area contributed by atoms with Crippen LogP contribution >= 0.6 is 12.2 Å². The van der Waals surface area contributed by atoms with Gasteiger partial charge in [0.25, 0.3) is 0 Å². The molecule has 1 aromatic heterocycles. The Kier molecular flexibility index (Phi) is 5.69. The topological polar surface area (TPSA) is 59.5 Å². The van der Waals surface area contributed by atoms with Crippen LogP contribution in [-0.2, 0) is 11.4 Å². The second kappa shape index (κ2) is 7.52. The molecule has 1 aromatic rings. The van der Waals surface area contributed by atoms with Crippen molar-refractivity contribution in [1.82, 2.24) is 4.57 Å². The van der Waals surface area contributed by atoms with Crippen molar-refractivity contribution < 1.29 is 14.4 Å². The van der Waals surface area contributed by atoms with E-state index >= 15 is 0 Å².